The highest BCUT2D eigenvalue weighted by Gasteiger charge is 2.07. The third-order valence-electron chi connectivity index (χ3n) is 2.66. The van der Waals surface area contributed by atoms with E-state index >= 15 is 0 Å². The molecule has 0 saturated carbocycles. The van der Waals surface area contributed by atoms with Gasteiger partial charge in [0.05, 0.1) is 0 Å². The molecule has 0 aliphatic rings. The molecule has 3 nitrogen and oxygen atoms in total. The van der Waals surface area contributed by atoms with E-state index in [-0.39, 0.29) is 0 Å². The molecule has 88 valence electrons. The van der Waals surface area contributed by atoms with Crippen molar-refractivity contribution in [2.24, 2.45) is 0 Å². The summed E-state index contributed by atoms with van der Waals surface area (Å²) in [7, 11) is 0. The summed E-state index contributed by atoms with van der Waals surface area (Å²) in [5.41, 5.74) is 2.18. The standard InChI is InChI=1S/C13H12ClNO2/c1-2-8(13(16)17)5-9-7-15-12-4-3-10(14)6-11(9)12/h3-7,15H,2H2,1H3,(H,16,17). The average molecular weight is 250 g/mol. The summed E-state index contributed by atoms with van der Waals surface area (Å²) in [4.78, 5) is 14.0. The topological polar surface area (TPSA) is 53.1 Å². The van der Waals surface area contributed by atoms with E-state index in [9.17, 15) is 4.79 Å². The minimum absolute atomic E-state index is 0.380. The maximum atomic E-state index is 11.0. The number of aromatic nitrogens is 1. The quantitative estimate of drug-likeness (QED) is 0.815. The molecule has 0 amide bonds. The van der Waals surface area contributed by atoms with Gasteiger partial charge in [0.15, 0.2) is 0 Å². The van der Waals surface area contributed by atoms with Crippen LogP contribution in [0.3, 0.4) is 0 Å². The lowest BCUT2D eigenvalue weighted by Crippen LogP contribution is -1.98. The molecular weight excluding hydrogens is 238 g/mol. The normalized spacial score (nSPS) is 12.0. The summed E-state index contributed by atoms with van der Waals surface area (Å²) in [5.74, 6) is -0.885. The van der Waals surface area contributed by atoms with Gasteiger partial charge in [-0.1, -0.05) is 18.5 Å². The molecule has 1 aromatic heterocycles. The van der Waals surface area contributed by atoms with Crippen LogP contribution >= 0.6 is 11.6 Å². The van der Waals surface area contributed by atoms with Crippen molar-refractivity contribution in [1.29, 1.82) is 0 Å². The molecule has 0 atom stereocenters. The summed E-state index contributed by atoms with van der Waals surface area (Å²) < 4.78 is 0. The van der Waals surface area contributed by atoms with E-state index in [1.807, 2.05) is 19.1 Å². The number of hydrogen-bond acceptors (Lipinski definition) is 1. The van der Waals surface area contributed by atoms with Crippen molar-refractivity contribution in [2.75, 3.05) is 0 Å². The van der Waals surface area contributed by atoms with Crippen molar-refractivity contribution in [3.05, 3.63) is 40.6 Å². The third-order valence-corrected chi connectivity index (χ3v) is 2.90. The van der Waals surface area contributed by atoms with Crippen LogP contribution in [0.25, 0.3) is 17.0 Å². The van der Waals surface area contributed by atoms with Crippen molar-refractivity contribution in [3.8, 4) is 0 Å². The van der Waals surface area contributed by atoms with E-state index in [0.717, 1.165) is 16.5 Å². The van der Waals surface area contributed by atoms with E-state index in [1.165, 1.54) is 0 Å². The van der Waals surface area contributed by atoms with Gasteiger partial charge in [0, 0.05) is 33.3 Å². The van der Waals surface area contributed by atoms with Gasteiger partial charge < -0.3 is 10.1 Å². The van der Waals surface area contributed by atoms with Gasteiger partial charge in [0.25, 0.3) is 0 Å². The van der Waals surface area contributed by atoms with Crippen LogP contribution in [0.4, 0.5) is 0 Å². The second kappa shape index (κ2) is 4.63. The zero-order valence-corrected chi connectivity index (χ0v) is 10.1. The van der Waals surface area contributed by atoms with E-state index in [1.54, 1.807) is 18.3 Å². The highest BCUT2D eigenvalue weighted by Crippen LogP contribution is 2.24. The predicted molar refractivity (Wildman–Crippen MR) is 69.2 cm³/mol. The monoisotopic (exact) mass is 249 g/mol. The summed E-state index contributed by atoms with van der Waals surface area (Å²) >= 11 is 5.93. The molecule has 0 aliphatic heterocycles. The van der Waals surface area contributed by atoms with Gasteiger partial charge in [-0.15, -0.1) is 0 Å². The van der Waals surface area contributed by atoms with E-state index in [4.69, 9.17) is 16.7 Å². The summed E-state index contributed by atoms with van der Waals surface area (Å²) in [6.45, 7) is 1.82. The van der Waals surface area contributed by atoms with Crippen molar-refractivity contribution < 1.29 is 9.90 Å². The number of aliphatic carboxylic acids is 1. The number of nitrogens with one attached hydrogen (secondary N) is 1. The highest BCUT2D eigenvalue weighted by molar-refractivity contribution is 6.31. The molecule has 0 spiro atoms. The van der Waals surface area contributed by atoms with Gasteiger partial charge in [-0.2, -0.15) is 0 Å². The first-order valence-corrected chi connectivity index (χ1v) is 5.70. The smallest absolute Gasteiger partial charge is 0.331 e. The largest absolute Gasteiger partial charge is 0.478 e. The SMILES string of the molecule is CCC(=Cc1c[nH]c2ccc(Cl)cc12)C(=O)O. The lowest BCUT2D eigenvalue weighted by Gasteiger charge is -1.98. The Balaban J connectivity index is 2.56. The van der Waals surface area contributed by atoms with Crippen LogP contribution < -0.4 is 0 Å². The molecule has 2 rings (SSSR count). The molecule has 0 unspecified atom stereocenters. The van der Waals surface area contributed by atoms with Gasteiger partial charge >= 0.3 is 5.97 Å². The third kappa shape index (κ3) is 2.34. The Morgan fingerprint density at radius 3 is 2.94 bits per heavy atom. The molecule has 4 heteroatoms. The maximum absolute atomic E-state index is 11.0. The number of benzene rings is 1. The van der Waals surface area contributed by atoms with Gasteiger partial charge in [0.1, 0.15) is 0 Å². The van der Waals surface area contributed by atoms with Crippen LogP contribution in [0.2, 0.25) is 5.02 Å². The molecule has 0 fully saturated rings. The van der Waals surface area contributed by atoms with E-state index < -0.39 is 5.97 Å². The number of fused-ring (bicyclic) bond motifs is 1. The number of carboxylic acid groups (broad SMARTS) is 1. The summed E-state index contributed by atoms with van der Waals surface area (Å²) in [6.07, 6.45) is 3.96. The Hall–Kier alpha value is -1.74. The lowest BCUT2D eigenvalue weighted by atomic mass is 10.1. The molecule has 2 N–H and O–H groups in total. The zero-order chi connectivity index (χ0) is 12.4. The van der Waals surface area contributed by atoms with Crippen molar-refractivity contribution in [3.63, 3.8) is 0 Å². The van der Waals surface area contributed by atoms with Crippen LogP contribution in [0, 0.1) is 0 Å². The summed E-state index contributed by atoms with van der Waals surface area (Å²) in [5, 5.41) is 10.6. The molecule has 1 aromatic carbocycles. The Bertz CT molecular complexity index is 598. The molecule has 0 radical (unpaired) electrons. The molecular formula is C13H12ClNO2. The zero-order valence-electron chi connectivity index (χ0n) is 9.33. The molecule has 0 bridgehead atoms. The van der Waals surface area contributed by atoms with Crippen molar-refractivity contribution in [1.82, 2.24) is 4.98 Å². The minimum Gasteiger partial charge on any atom is -0.478 e. The first-order chi connectivity index (χ1) is 8.11. The van der Waals surface area contributed by atoms with Crippen LogP contribution in [-0.4, -0.2) is 16.1 Å². The fourth-order valence-corrected chi connectivity index (χ4v) is 1.91. The van der Waals surface area contributed by atoms with Crippen molar-refractivity contribution in [2.45, 2.75) is 13.3 Å². The Labute approximate surface area is 104 Å². The number of hydrogen-bond donors (Lipinski definition) is 2. The average Bonchev–Trinajstić information content (AvgIpc) is 2.68. The summed E-state index contributed by atoms with van der Waals surface area (Å²) in [6, 6.07) is 5.50. The highest BCUT2D eigenvalue weighted by atomic mass is 35.5. The number of carboxylic acids is 1. The number of halogens is 1. The van der Waals surface area contributed by atoms with Gasteiger partial charge in [-0.3, -0.25) is 0 Å². The maximum Gasteiger partial charge on any atom is 0.331 e. The second-order valence-electron chi connectivity index (χ2n) is 3.76. The Morgan fingerprint density at radius 1 is 1.53 bits per heavy atom. The van der Waals surface area contributed by atoms with E-state index in [2.05, 4.69) is 4.98 Å². The molecule has 2 aromatic rings. The van der Waals surface area contributed by atoms with Crippen LogP contribution in [-0.2, 0) is 4.79 Å². The van der Waals surface area contributed by atoms with E-state index in [0.29, 0.717) is 17.0 Å². The van der Waals surface area contributed by atoms with Gasteiger partial charge in [0.2, 0.25) is 0 Å². The Morgan fingerprint density at radius 2 is 2.29 bits per heavy atom. The number of H-pyrrole nitrogens is 1. The lowest BCUT2D eigenvalue weighted by molar-refractivity contribution is -0.132. The first kappa shape index (κ1) is 11.7. The fourth-order valence-electron chi connectivity index (χ4n) is 1.74. The molecule has 0 saturated heterocycles. The number of carbonyl (C=O) groups is 1. The molecule has 17 heavy (non-hydrogen) atoms. The van der Waals surface area contributed by atoms with Crippen LogP contribution in [0.5, 0.6) is 0 Å². The minimum atomic E-state index is -0.885. The fraction of sp³-hybridized carbons (Fsp3) is 0.154. The number of rotatable bonds is 3. The van der Waals surface area contributed by atoms with Gasteiger partial charge in [-0.25, -0.2) is 4.79 Å². The van der Waals surface area contributed by atoms with Crippen LogP contribution in [0.1, 0.15) is 18.9 Å². The molecule has 0 aliphatic carbocycles. The predicted octanol–water partition coefficient (Wildman–Crippen LogP) is 3.70. The molecule has 1 heterocycles. The Kier molecular flexibility index (Phi) is 3.20. The second-order valence-corrected chi connectivity index (χ2v) is 4.20. The van der Waals surface area contributed by atoms with Crippen molar-refractivity contribution >= 4 is 34.5 Å². The number of aromatic amines is 1. The van der Waals surface area contributed by atoms with Gasteiger partial charge in [-0.05, 0) is 30.7 Å². The van der Waals surface area contributed by atoms with Crippen LogP contribution in [0.15, 0.2) is 30.0 Å². The first-order valence-electron chi connectivity index (χ1n) is 5.32.